The van der Waals surface area contributed by atoms with Gasteiger partial charge in [-0.1, -0.05) is 12.8 Å². The second kappa shape index (κ2) is 10.3. The molecule has 0 bridgehead atoms. The molecule has 2 aromatic heterocycles. The van der Waals surface area contributed by atoms with E-state index < -0.39 is 5.92 Å². The van der Waals surface area contributed by atoms with Crippen LogP contribution in [0.3, 0.4) is 0 Å². The van der Waals surface area contributed by atoms with Gasteiger partial charge in [-0.2, -0.15) is 0 Å². The second-order valence-electron chi connectivity index (χ2n) is 10.5. The molecular formula is C25H34F2N4OS2. The third-order valence-corrected chi connectivity index (χ3v) is 9.60. The van der Waals surface area contributed by atoms with Crippen LogP contribution in [0.4, 0.5) is 13.9 Å². The van der Waals surface area contributed by atoms with Gasteiger partial charge in [-0.25, -0.2) is 18.7 Å². The van der Waals surface area contributed by atoms with Crippen LogP contribution in [0.15, 0.2) is 6.20 Å². The fourth-order valence-corrected chi connectivity index (χ4v) is 7.47. The Hall–Kier alpha value is -1.45. The Balaban J connectivity index is 1.00. The third-order valence-electron chi connectivity index (χ3n) is 7.60. The van der Waals surface area contributed by atoms with Crippen LogP contribution >= 0.6 is 22.7 Å². The number of alkyl halides is 2. The highest BCUT2D eigenvalue weighted by Gasteiger charge is 2.45. The third kappa shape index (κ3) is 6.21. The van der Waals surface area contributed by atoms with Crippen molar-refractivity contribution in [2.45, 2.75) is 89.6 Å². The predicted molar refractivity (Wildman–Crippen MR) is 133 cm³/mol. The first kappa shape index (κ1) is 24.3. The number of fused-ring (bicyclic) bond motifs is 1. The minimum Gasteiger partial charge on any atom is -0.358 e. The molecular weight excluding hydrogens is 474 g/mol. The molecule has 2 aromatic rings. The Kier molecular flexibility index (Phi) is 7.32. The molecule has 5 rings (SSSR count). The Morgan fingerprint density at radius 2 is 1.97 bits per heavy atom. The molecule has 34 heavy (non-hydrogen) atoms. The van der Waals surface area contributed by atoms with Gasteiger partial charge in [0.25, 0.3) is 5.92 Å². The van der Waals surface area contributed by atoms with E-state index in [2.05, 4.69) is 15.2 Å². The van der Waals surface area contributed by atoms with E-state index >= 15 is 0 Å². The van der Waals surface area contributed by atoms with E-state index in [9.17, 15) is 13.6 Å². The first-order valence-corrected chi connectivity index (χ1v) is 14.2. The molecule has 3 heterocycles. The number of aryl methyl sites for hydroxylation is 1. The van der Waals surface area contributed by atoms with Gasteiger partial charge in [0.2, 0.25) is 0 Å². The van der Waals surface area contributed by atoms with Crippen LogP contribution in [0.2, 0.25) is 0 Å². The minimum absolute atomic E-state index is 0.0778. The number of nitrogens with one attached hydrogen (secondary N) is 1. The largest absolute Gasteiger partial charge is 0.358 e. The summed E-state index contributed by atoms with van der Waals surface area (Å²) in [5.74, 6) is -0.836. The molecule has 0 spiro atoms. The Morgan fingerprint density at radius 1 is 1.21 bits per heavy atom. The molecule has 1 N–H and O–H groups in total. The van der Waals surface area contributed by atoms with Crippen LogP contribution in [-0.2, 0) is 24.2 Å². The van der Waals surface area contributed by atoms with Gasteiger partial charge in [-0.05, 0) is 51.0 Å². The molecule has 0 atom stereocenters. The Labute approximate surface area is 208 Å². The summed E-state index contributed by atoms with van der Waals surface area (Å²) < 4.78 is 26.2. The molecule has 0 radical (unpaired) electrons. The zero-order valence-electron chi connectivity index (χ0n) is 19.8. The number of ketones is 1. The normalized spacial score (nSPS) is 25.0. The maximum atomic E-state index is 13.1. The number of carbonyl (C=O) groups is 1. The van der Waals surface area contributed by atoms with Gasteiger partial charge in [0.1, 0.15) is 5.78 Å². The predicted octanol–water partition coefficient (Wildman–Crippen LogP) is 5.87. The van der Waals surface area contributed by atoms with Crippen molar-refractivity contribution in [2.24, 2.45) is 11.8 Å². The van der Waals surface area contributed by atoms with E-state index in [0.717, 1.165) is 59.1 Å². The number of anilines is 1. The van der Waals surface area contributed by atoms with Crippen LogP contribution in [0, 0.1) is 18.8 Å². The Morgan fingerprint density at radius 3 is 2.68 bits per heavy atom. The van der Waals surface area contributed by atoms with Gasteiger partial charge in [-0.15, -0.1) is 22.7 Å². The monoisotopic (exact) mass is 508 g/mol. The molecule has 0 amide bonds. The molecule has 2 aliphatic carbocycles. The Bertz CT molecular complexity index is 991. The van der Waals surface area contributed by atoms with E-state index in [1.807, 2.05) is 13.1 Å². The number of halogens is 2. The quantitative estimate of drug-likeness (QED) is 0.459. The van der Waals surface area contributed by atoms with Gasteiger partial charge < -0.3 is 5.32 Å². The van der Waals surface area contributed by atoms with Crippen molar-refractivity contribution in [3.05, 3.63) is 26.7 Å². The van der Waals surface area contributed by atoms with Gasteiger partial charge in [0.15, 0.2) is 5.13 Å². The maximum Gasteiger partial charge on any atom is 0.252 e. The molecule has 0 unspecified atom stereocenters. The zero-order valence-corrected chi connectivity index (χ0v) is 21.5. The summed E-state index contributed by atoms with van der Waals surface area (Å²) in [4.78, 5) is 26.3. The van der Waals surface area contributed by atoms with Crippen molar-refractivity contribution in [1.29, 1.82) is 0 Å². The summed E-state index contributed by atoms with van der Waals surface area (Å²) in [6, 6.07) is -0.138. The van der Waals surface area contributed by atoms with E-state index in [-0.39, 0.29) is 18.9 Å². The van der Waals surface area contributed by atoms with Crippen molar-refractivity contribution < 1.29 is 13.6 Å². The van der Waals surface area contributed by atoms with Gasteiger partial charge >= 0.3 is 0 Å². The summed E-state index contributed by atoms with van der Waals surface area (Å²) in [6.45, 7) is 5.00. The van der Waals surface area contributed by atoms with Crippen LogP contribution in [0.5, 0.6) is 0 Å². The second-order valence-corrected chi connectivity index (χ2v) is 12.9. The molecule has 2 fully saturated rings. The van der Waals surface area contributed by atoms with Crippen LogP contribution in [0.25, 0.3) is 0 Å². The van der Waals surface area contributed by atoms with Crippen LogP contribution < -0.4 is 5.32 Å². The maximum absolute atomic E-state index is 13.1. The number of aromatic nitrogens is 2. The van der Waals surface area contributed by atoms with Gasteiger partial charge in [-0.3, -0.25) is 9.69 Å². The summed E-state index contributed by atoms with van der Waals surface area (Å²) in [6.07, 6.45) is 9.97. The molecule has 2 saturated carbocycles. The lowest BCUT2D eigenvalue weighted by Crippen LogP contribution is -2.44. The highest BCUT2D eigenvalue weighted by Crippen LogP contribution is 2.40. The lowest BCUT2D eigenvalue weighted by molar-refractivity contribution is -0.119. The average Bonchev–Trinajstić information content (AvgIpc) is 3.36. The zero-order chi connectivity index (χ0) is 23.7. The van der Waals surface area contributed by atoms with E-state index in [4.69, 9.17) is 4.98 Å². The topological polar surface area (TPSA) is 58.1 Å². The highest BCUT2D eigenvalue weighted by atomic mass is 32.1. The van der Waals surface area contributed by atoms with Crippen LogP contribution in [0.1, 0.15) is 71.8 Å². The fourth-order valence-electron chi connectivity index (χ4n) is 5.61. The summed E-state index contributed by atoms with van der Waals surface area (Å²) >= 11 is 3.27. The minimum atomic E-state index is -2.50. The van der Waals surface area contributed by atoms with Crippen molar-refractivity contribution in [1.82, 2.24) is 14.9 Å². The smallest absolute Gasteiger partial charge is 0.252 e. The molecule has 5 nitrogen and oxygen atoms in total. The number of hydrogen-bond donors (Lipinski definition) is 1. The number of rotatable bonds is 9. The summed E-state index contributed by atoms with van der Waals surface area (Å²) in [5, 5.41) is 5.04. The fraction of sp³-hybridized carbons (Fsp3) is 0.720. The summed E-state index contributed by atoms with van der Waals surface area (Å²) in [7, 11) is 0. The molecule has 3 aliphatic rings. The average molecular weight is 509 g/mol. The first-order chi connectivity index (χ1) is 16.3. The SMILES string of the molecule is Cc1ncc(CC(=O)CC2CCC(CCN3CCc4sc(NC5CC(F)(F)C5)nc4C3)CC2)s1. The molecule has 1 aliphatic heterocycles. The van der Waals surface area contributed by atoms with Crippen LogP contribution in [-0.4, -0.2) is 45.7 Å². The van der Waals surface area contributed by atoms with Crippen molar-refractivity contribution in [3.63, 3.8) is 0 Å². The van der Waals surface area contributed by atoms with E-state index in [1.54, 1.807) is 22.7 Å². The molecule has 0 aromatic carbocycles. The van der Waals surface area contributed by atoms with Gasteiger partial charge in [0, 0.05) is 60.8 Å². The van der Waals surface area contributed by atoms with Crippen molar-refractivity contribution >= 4 is 33.6 Å². The first-order valence-electron chi connectivity index (χ1n) is 12.6. The number of carbonyl (C=O) groups excluding carboxylic acids is 1. The van der Waals surface area contributed by atoms with E-state index in [0.29, 0.717) is 18.1 Å². The molecule has 9 heteroatoms. The number of thiazole rings is 2. The van der Waals surface area contributed by atoms with Gasteiger partial charge in [0.05, 0.1) is 10.7 Å². The lowest BCUT2D eigenvalue weighted by Gasteiger charge is -2.35. The number of hydrogen-bond acceptors (Lipinski definition) is 7. The molecule has 186 valence electrons. The lowest BCUT2D eigenvalue weighted by atomic mass is 9.78. The highest BCUT2D eigenvalue weighted by molar-refractivity contribution is 7.15. The number of nitrogens with zero attached hydrogens (tertiary/aromatic N) is 3. The number of Topliss-reactive ketones (excluding diaryl/α,β-unsaturated/α-hetero) is 1. The van der Waals surface area contributed by atoms with E-state index in [1.165, 1.54) is 37.0 Å². The standard InChI is InChI=1S/C25H34F2N4OS2/c1-16-28-14-21(33-16)11-20(32)10-18-4-2-17(3-5-18)6-8-31-9-7-23-22(15-31)30-24(34-23)29-19-12-25(26,27)13-19/h14,17-19H,2-13,15H2,1H3,(H,29,30). The van der Waals surface area contributed by atoms with Crippen molar-refractivity contribution in [3.8, 4) is 0 Å². The summed E-state index contributed by atoms with van der Waals surface area (Å²) in [5.41, 5.74) is 1.13. The van der Waals surface area contributed by atoms with Crippen molar-refractivity contribution in [2.75, 3.05) is 18.4 Å². The molecule has 0 saturated heterocycles.